The summed E-state index contributed by atoms with van der Waals surface area (Å²) in [7, 11) is 0. The highest BCUT2D eigenvalue weighted by Gasteiger charge is 1.97. The van der Waals surface area contributed by atoms with Crippen molar-refractivity contribution in [1.29, 1.82) is 0 Å². The Morgan fingerprint density at radius 2 is 2.10 bits per heavy atom. The summed E-state index contributed by atoms with van der Waals surface area (Å²) in [6.07, 6.45) is 0. The molecule has 0 aromatic carbocycles. The van der Waals surface area contributed by atoms with E-state index in [0.717, 1.165) is 0 Å². The molecule has 0 bridgehead atoms. The summed E-state index contributed by atoms with van der Waals surface area (Å²) in [4.78, 5) is 2.67. The summed E-state index contributed by atoms with van der Waals surface area (Å²) in [6.45, 7) is 4.92. The maximum absolute atomic E-state index is 5.44. The van der Waals surface area contributed by atoms with Crippen LogP contribution in [0.5, 0.6) is 0 Å². The van der Waals surface area contributed by atoms with Crippen molar-refractivity contribution in [2.75, 3.05) is 0 Å². The number of halogens is 1. The van der Waals surface area contributed by atoms with Crippen molar-refractivity contribution >= 4 is 23.7 Å². The van der Waals surface area contributed by atoms with Crippen LogP contribution in [0.3, 0.4) is 0 Å². The number of hydrogen-bond acceptors (Lipinski definition) is 2. The van der Waals surface area contributed by atoms with Gasteiger partial charge in [0.2, 0.25) is 0 Å². The lowest BCUT2D eigenvalue weighted by molar-refractivity contribution is 1.10. The van der Waals surface area contributed by atoms with E-state index in [2.05, 4.69) is 19.9 Å². The van der Waals surface area contributed by atoms with Crippen LogP contribution in [0.1, 0.15) is 15.3 Å². The highest BCUT2D eigenvalue weighted by Crippen LogP contribution is 2.19. The summed E-state index contributed by atoms with van der Waals surface area (Å²) >= 11 is 1.79. The molecule has 0 radical (unpaired) electrons. The number of hydrogen-bond donors (Lipinski definition) is 1. The van der Waals surface area contributed by atoms with Crippen LogP contribution in [0.4, 0.5) is 0 Å². The first-order valence-corrected chi connectivity index (χ1v) is 3.81. The van der Waals surface area contributed by atoms with Crippen molar-refractivity contribution < 1.29 is 0 Å². The third-order valence-corrected chi connectivity index (χ3v) is 2.59. The van der Waals surface area contributed by atoms with E-state index in [1.54, 1.807) is 11.3 Å². The minimum Gasteiger partial charge on any atom is -0.326 e. The molecule has 0 aliphatic carbocycles. The summed E-state index contributed by atoms with van der Waals surface area (Å²) < 4.78 is 0. The molecule has 0 fully saturated rings. The Morgan fingerprint density at radius 1 is 1.50 bits per heavy atom. The van der Waals surface area contributed by atoms with E-state index in [1.165, 1.54) is 15.3 Å². The van der Waals surface area contributed by atoms with E-state index in [1.807, 2.05) is 0 Å². The Balaban J connectivity index is 0.000000810. The Morgan fingerprint density at radius 3 is 2.30 bits per heavy atom. The maximum Gasteiger partial charge on any atom is 0.0273 e. The highest BCUT2D eigenvalue weighted by molar-refractivity contribution is 7.12. The van der Waals surface area contributed by atoms with Gasteiger partial charge in [-0.05, 0) is 25.5 Å². The van der Waals surface area contributed by atoms with Gasteiger partial charge < -0.3 is 5.73 Å². The van der Waals surface area contributed by atoms with Crippen molar-refractivity contribution in [3.05, 3.63) is 21.4 Å². The van der Waals surface area contributed by atoms with Gasteiger partial charge >= 0.3 is 0 Å². The molecule has 0 saturated heterocycles. The average Bonchev–Trinajstić information content (AvgIpc) is 2.13. The minimum atomic E-state index is 0. The zero-order chi connectivity index (χ0) is 6.85. The van der Waals surface area contributed by atoms with Gasteiger partial charge in [0.05, 0.1) is 0 Å². The fraction of sp³-hybridized carbons (Fsp3) is 0.429. The molecule has 0 aliphatic rings. The predicted octanol–water partition coefficient (Wildman–Crippen LogP) is 2.25. The second-order valence-electron chi connectivity index (χ2n) is 2.16. The molecular weight excluding hydrogens is 166 g/mol. The quantitative estimate of drug-likeness (QED) is 0.700. The van der Waals surface area contributed by atoms with Crippen LogP contribution in [0, 0.1) is 13.8 Å². The minimum absolute atomic E-state index is 0. The van der Waals surface area contributed by atoms with E-state index in [-0.39, 0.29) is 12.4 Å². The zero-order valence-corrected chi connectivity index (χ0v) is 7.81. The fourth-order valence-corrected chi connectivity index (χ4v) is 1.68. The molecule has 0 amide bonds. The second-order valence-corrected chi connectivity index (χ2v) is 3.50. The van der Waals surface area contributed by atoms with Crippen molar-refractivity contribution in [1.82, 2.24) is 0 Å². The van der Waals surface area contributed by atoms with Crippen molar-refractivity contribution in [3.8, 4) is 0 Å². The van der Waals surface area contributed by atoms with Crippen LogP contribution < -0.4 is 5.73 Å². The lowest BCUT2D eigenvalue weighted by Gasteiger charge is -1.81. The molecule has 0 spiro atoms. The first-order valence-electron chi connectivity index (χ1n) is 3.00. The molecule has 0 atom stereocenters. The van der Waals surface area contributed by atoms with Gasteiger partial charge in [-0.3, -0.25) is 0 Å². The van der Waals surface area contributed by atoms with Gasteiger partial charge in [-0.1, -0.05) is 0 Å². The average molecular weight is 178 g/mol. The first-order chi connectivity index (χ1) is 4.24. The molecule has 2 N–H and O–H groups in total. The molecule has 1 rings (SSSR count). The molecule has 3 heteroatoms. The van der Waals surface area contributed by atoms with E-state index in [9.17, 15) is 0 Å². The maximum atomic E-state index is 5.44. The van der Waals surface area contributed by atoms with Gasteiger partial charge in [-0.25, -0.2) is 0 Å². The first kappa shape index (κ1) is 9.95. The molecule has 1 aromatic rings. The summed E-state index contributed by atoms with van der Waals surface area (Å²) in [5, 5.41) is 0. The van der Waals surface area contributed by atoms with Crippen molar-refractivity contribution in [2.45, 2.75) is 20.4 Å². The zero-order valence-electron chi connectivity index (χ0n) is 6.18. The lowest BCUT2D eigenvalue weighted by atomic mass is 10.3. The molecular formula is C7H12ClNS. The van der Waals surface area contributed by atoms with E-state index in [0.29, 0.717) is 6.54 Å². The smallest absolute Gasteiger partial charge is 0.0273 e. The topological polar surface area (TPSA) is 26.0 Å². The lowest BCUT2D eigenvalue weighted by Crippen LogP contribution is -1.91. The van der Waals surface area contributed by atoms with E-state index in [4.69, 9.17) is 5.73 Å². The normalized spacial score (nSPS) is 9.10. The van der Waals surface area contributed by atoms with Crippen LogP contribution in [-0.2, 0) is 6.54 Å². The van der Waals surface area contributed by atoms with E-state index < -0.39 is 0 Å². The molecule has 0 saturated carbocycles. The molecule has 0 unspecified atom stereocenters. The Kier molecular flexibility index (Phi) is 3.94. The van der Waals surface area contributed by atoms with Crippen LogP contribution in [0.2, 0.25) is 0 Å². The number of aryl methyl sites for hydroxylation is 2. The molecule has 1 aromatic heterocycles. The van der Waals surface area contributed by atoms with Gasteiger partial charge in [-0.2, -0.15) is 0 Å². The number of nitrogens with two attached hydrogens (primary N) is 1. The Labute approximate surface area is 71.7 Å². The standard InChI is InChI=1S/C7H11NS.ClH/c1-5-3-7(4-8)9-6(5)2;/h3H,4,8H2,1-2H3;1H. The monoisotopic (exact) mass is 177 g/mol. The Bertz CT molecular complexity index is 188. The van der Waals surface area contributed by atoms with Gasteiger partial charge in [0.25, 0.3) is 0 Å². The summed E-state index contributed by atoms with van der Waals surface area (Å²) in [5.74, 6) is 0. The van der Waals surface area contributed by atoms with Crippen LogP contribution >= 0.6 is 23.7 Å². The highest BCUT2D eigenvalue weighted by atomic mass is 35.5. The third kappa shape index (κ3) is 1.97. The van der Waals surface area contributed by atoms with Crippen molar-refractivity contribution in [3.63, 3.8) is 0 Å². The van der Waals surface area contributed by atoms with Crippen molar-refractivity contribution in [2.24, 2.45) is 5.73 Å². The molecule has 1 heterocycles. The molecule has 10 heavy (non-hydrogen) atoms. The van der Waals surface area contributed by atoms with Gasteiger partial charge in [-0.15, -0.1) is 23.7 Å². The van der Waals surface area contributed by atoms with Crippen LogP contribution in [-0.4, -0.2) is 0 Å². The third-order valence-electron chi connectivity index (χ3n) is 1.42. The van der Waals surface area contributed by atoms with Gasteiger partial charge in [0, 0.05) is 16.3 Å². The summed E-state index contributed by atoms with van der Waals surface area (Å²) in [5.41, 5.74) is 6.80. The molecule has 0 aliphatic heterocycles. The summed E-state index contributed by atoms with van der Waals surface area (Å²) in [6, 6.07) is 2.15. The van der Waals surface area contributed by atoms with Gasteiger partial charge in [0.1, 0.15) is 0 Å². The largest absolute Gasteiger partial charge is 0.326 e. The molecule has 1 nitrogen and oxygen atoms in total. The Hall–Kier alpha value is -0.0500. The fourth-order valence-electron chi connectivity index (χ4n) is 0.750. The van der Waals surface area contributed by atoms with Crippen LogP contribution in [0.15, 0.2) is 6.07 Å². The number of rotatable bonds is 1. The van der Waals surface area contributed by atoms with Crippen LogP contribution in [0.25, 0.3) is 0 Å². The van der Waals surface area contributed by atoms with E-state index >= 15 is 0 Å². The molecule has 58 valence electrons. The second kappa shape index (κ2) is 3.96. The predicted molar refractivity (Wildman–Crippen MR) is 48.9 cm³/mol. The van der Waals surface area contributed by atoms with Gasteiger partial charge in [0.15, 0.2) is 0 Å². The SMILES string of the molecule is Cc1cc(CN)sc1C.Cl. The number of thiophene rings is 1.